The average Bonchev–Trinajstić information content (AvgIpc) is 2.74. The summed E-state index contributed by atoms with van der Waals surface area (Å²) in [6.07, 6.45) is -4.96. The fraction of sp³-hybridized carbons (Fsp3) is 0.389. The van der Waals surface area contributed by atoms with Gasteiger partial charge < -0.3 is 14.8 Å². The van der Waals surface area contributed by atoms with Crippen LogP contribution in [0.15, 0.2) is 29.4 Å². The molecule has 0 spiro atoms. The fourth-order valence-electron chi connectivity index (χ4n) is 2.66. The van der Waals surface area contributed by atoms with Gasteiger partial charge in [-0.25, -0.2) is 0 Å². The third-order valence-electron chi connectivity index (χ3n) is 4.25. The van der Waals surface area contributed by atoms with Gasteiger partial charge in [0, 0.05) is 56.9 Å². The van der Waals surface area contributed by atoms with Crippen LogP contribution in [-0.2, 0) is 14.3 Å². The lowest BCUT2D eigenvalue weighted by Crippen LogP contribution is -2.61. The summed E-state index contributed by atoms with van der Waals surface area (Å²) in [5.74, 6) is -5.18. The molecule has 1 aliphatic heterocycles. The van der Waals surface area contributed by atoms with Gasteiger partial charge >= 0.3 is 27.8 Å². The normalized spacial score (nSPS) is 17.3. The molecule has 17 heteroatoms. The predicted molar refractivity (Wildman–Crippen MR) is 115 cm³/mol. The monoisotopic (exact) mass is 642 g/mol. The van der Waals surface area contributed by atoms with Crippen molar-refractivity contribution >= 4 is 55.6 Å². The molecule has 35 heavy (non-hydrogen) atoms. The van der Waals surface area contributed by atoms with Crippen LogP contribution in [0.5, 0.6) is 5.75 Å². The van der Waals surface area contributed by atoms with Gasteiger partial charge in [0.1, 0.15) is 11.9 Å². The second kappa shape index (κ2) is 10.8. The summed E-state index contributed by atoms with van der Waals surface area (Å²) in [4.78, 5) is 18.9. The van der Waals surface area contributed by atoms with E-state index in [-0.39, 0.29) is 16.8 Å². The number of nitrogens with one attached hydrogen (secondary N) is 2. The second-order valence-corrected chi connectivity index (χ2v) is 8.69. The summed E-state index contributed by atoms with van der Waals surface area (Å²) >= 11 is 3.40. The molecule has 2 rings (SSSR count). The molecule has 194 valence electrons. The van der Waals surface area contributed by atoms with Crippen LogP contribution in [0.4, 0.5) is 30.7 Å². The Morgan fingerprint density at radius 1 is 1.11 bits per heavy atom. The molecule has 1 aromatic rings. The molecule has 8 nitrogen and oxygen atoms in total. The van der Waals surface area contributed by atoms with Crippen molar-refractivity contribution in [2.24, 2.45) is 4.99 Å². The van der Waals surface area contributed by atoms with Crippen LogP contribution >= 0.6 is 31.9 Å². The summed E-state index contributed by atoms with van der Waals surface area (Å²) in [6, 6.07) is 3.35. The first kappa shape index (κ1) is 29.0. The fourth-order valence-corrected chi connectivity index (χ4v) is 3.01. The molecule has 2 unspecified atom stereocenters. The van der Waals surface area contributed by atoms with Crippen LogP contribution < -0.4 is 15.5 Å². The molecule has 2 N–H and O–H groups in total. The number of rotatable bonds is 8. The van der Waals surface area contributed by atoms with Gasteiger partial charge in [0.2, 0.25) is 0 Å². The molecule has 0 saturated heterocycles. The number of alkyl halides is 9. The Kier molecular flexibility index (Phi) is 8.94. The zero-order chi connectivity index (χ0) is 26.8. The maximum absolute atomic E-state index is 13.4. The van der Waals surface area contributed by atoms with E-state index in [1.807, 2.05) is 5.43 Å². The van der Waals surface area contributed by atoms with Crippen molar-refractivity contribution in [3.8, 4) is 5.75 Å². The molecule has 2 amide bonds. The summed E-state index contributed by atoms with van der Waals surface area (Å²) in [5.41, 5.74) is 2.48. The van der Waals surface area contributed by atoms with Gasteiger partial charge in [0.25, 0.3) is 0 Å². The Morgan fingerprint density at radius 2 is 1.69 bits per heavy atom. The predicted octanol–water partition coefficient (Wildman–Crippen LogP) is 4.43. The molecule has 0 radical (unpaired) electrons. The molecule has 1 aliphatic rings. The topological polar surface area (TPSA) is 92.3 Å². The van der Waals surface area contributed by atoms with Crippen LogP contribution in [0.25, 0.3) is 5.70 Å². The molecule has 0 aliphatic carbocycles. The smallest absolute Gasteiger partial charge is 0.406 e. The average molecular weight is 644 g/mol. The van der Waals surface area contributed by atoms with Gasteiger partial charge in [-0.05, 0) is 30.7 Å². The number of hydrogen-bond acceptors (Lipinski definition) is 7. The minimum Gasteiger partial charge on any atom is -0.406 e. The lowest BCUT2D eigenvalue weighted by molar-refractivity contribution is -0.274. The van der Waals surface area contributed by atoms with E-state index >= 15 is 0 Å². The third kappa shape index (κ3) is 7.88. The number of imide groups is 1. The van der Waals surface area contributed by atoms with Crippen molar-refractivity contribution < 1.29 is 49.8 Å². The van der Waals surface area contributed by atoms with Gasteiger partial charge in [-0.1, -0.05) is 0 Å². The Bertz CT molecular complexity index is 1000. The number of hydrogen-bond donors (Lipinski definition) is 2. The number of halogens is 9. The summed E-state index contributed by atoms with van der Waals surface area (Å²) in [6.45, 7) is 1.54. The first-order chi connectivity index (χ1) is 15.9. The third-order valence-corrected chi connectivity index (χ3v) is 4.92. The van der Waals surface area contributed by atoms with E-state index in [9.17, 15) is 40.3 Å². The van der Waals surface area contributed by atoms with Crippen molar-refractivity contribution in [1.29, 1.82) is 0 Å². The number of benzene rings is 1. The molecule has 0 fully saturated rings. The maximum Gasteiger partial charge on any atom is 0.573 e. The summed E-state index contributed by atoms with van der Waals surface area (Å²) < 4.78 is 100. The lowest BCUT2D eigenvalue weighted by Gasteiger charge is -2.29. The van der Waals surface area contributed by atoms with E-state index in [1.165, 1.54) is 20.1 Å². The Hall–Kier alpha value is -2.24. The highest BCUT2D eigenvalue weighted by atomic mass is 79.9. The maximum atomic E-state index is 13.4. The number of methoxy groups -OCH3 is 1. The highest BCUT2D eigenvalue weighted by Gasteiger charge is 2.49. The van der Waals surface area contributed by atoms with E-state index in [1.54, 1.807) is 31.9 Å². The Balaban J connectivity index is 2.29. The highest BCUT2D eigenvalue weighted by Crippen LogP contribution is 2.33. The number of nitrogens with zero attached hydrogens (tertiary/aromatic N) is 2. The van der Waals surface area contributed by atoms with Gasteiger partial charge in [-0.2, -0.15) is 28.0 Å². The molecule has 1 aromatic carbocycles. The minimum atomic E-state index is -4.93. The van der Waals surface area contributed by atoms with E-state index in [2.05, 4.69) is 15.0 Å². The van der Waals surface area contributed by atoms with Crippen molar-refractivity contribution in [1.82, 2.24) is 15.8 Å². The SMILES string of the molecule is COC(C)c1cc(OC(F)(F)F)ccc1C1=CNC(NN(C(=O)C(F)(F)Br)C(=O)C(F)(F)Br)C=N1. The van der Waals surface area contributed by atoms with E-state index < -0.39 is 50.9 Å². The van der Waals surface area contributed by atoms with Crippen LogP contribution in [-0.4, -0.2) is 52.3 Å². The highest BCUT2D eigenvalue weighted by molar-refractivity contribution is 9.10. The summed E-state index contributed by atoms with van der Waals surface area (Å²) in [5, 5.41) is 1.92. The Morgan fingerprint density at radius 3 is 2.11 bits per heavy atom. The Labute approximate surface area is 209 Å². The van der Waals surface area contributed by atoms with Crippen molar-refractivity contribution in [3.63, 3.8) is 0 Å². The minimum absolute atomic E-state index is 0.112. The lowest BCUT2D eigenvalue weighted by atomic mass is 10.00. The number of hydrazine groups is 1. The number of carbonyl (C=O) groups is 2. The number of aliphatic imine (C=N–C) groups is 1. The van der Waals surface area contributed by atoms with Crippen LogP contribution in [0, 0.1) is 0 Å². The van der Waals surface area contributed by atoms with E-state index in [0.717, 1.165) is 24.5 Å². The van der Waals surface area contributed by atoms with Crippen molar-refractivity contribution in [2.75, 3.05) is 7.11 Å². The molecule has 0 aromatic heterocycles. The standard InChI is InChI=1S/C18H15Br2F7N4O4/c1-8(34-2)11-5-9(35-18(25,26)27)3-4-10(11)12-6-29-13(7-28-12)30-31(14(32)16(19,21)22)15(33)17(20,23)24/h3-8,13,29-30H,1-2H3. The summed E-state index contributed by atoms with van der Waals surface area (Å²) in [7, 11) is 1.31. The molecular formula is C18H15Br2F7N4O4. The number of amides is 2. The van der Waals surface area contributed by atoms with E-state index in [0.29, 0.717) is 0 Å². The molecule has 1 heterocycles. The van der Waals surface area contributed by atoms with Crippen LogP contribution in [0.1, 0.15) is 24.2 Å². The van der Waals surface area contributed by atoms with Gasteiger partial charge in [0.05, 0.1) is 11.8 Å². The first-order valence-corrected chi connectivity index (χ1v) is 10.7. The number of ether oxygens (including phenoxy) is 2. The molecule has 2 atom stereocenters. The molecular weight excluding hydrogens is 629 g/mol. The first-order valence-electron chi connectivity index (χ1n) is 9.16. The van der Waals surface area contributed by atoms with Crippen molar-refractivity contribution in [3.05, 3.63) is 35.5 Å². The zero-order valence-electron chi connectivity index (χ0n) is 17.5. The van der Waals surface area contributed by atoms with Gasteiger partial charge in [0.15, 0.2) is 0 Å². The quantitative estimate of drug-likeness (QED) is 0.248. The van der Waals surface area contributed by atoms with Gasteiger partial charge in [-0.15, -0.1) is 13.2 Å². The zero-order valence-corrected chi connectivity index (χ0v) is 20.6. The van der Waals surface area contributed by atoms with Gasteiger partial charge in [-0.3, -0.25) is 14.6 Å². The largest absolute Gasteiger partial charge is 0.573 e. The second-order valence-electron chi connectivity index (χ2n) is 6.70. The van der Waals surface area contributed by atoms with Crippen molar-refractivity contribution in [2.45, 2.75) is 35.2 Å². The van der Waals surface area contributed by atoms with E-state index in [4.69, 9.17) is 4.74 Å². The van der Waals surface area contributed by atoms with Crippen LogP contribution in [0.3, 0.4) is 0 Å². The number of carbonyl (C=O) groups excluding carboxylic acids is 2. The van der Waals surface area contributed by atoms with Crippen LogP contribution in [0.2, 0.25) is 0 Å². The molecule has 0 bridgehead atoms. The molecule has 0 saturated carbocycles.